The maximum atomic E-state index is 6.74. The Morgan fingerprint density at radius 1 is 0.338 bits per heavy atom. The molecule has 0 N–H and O–H groups in total. The third-order valence-corrected chi connectivity index (χ3v) is 15.9. The normalized spacial score (nSPS) is 13.7. The Morgan fingerprint density at radius 2 is 0.853 bits per heavy atom. The van der Waals surface area contributed by atoms with Crippen LogP contribution in [0.15, 0.2) is 191 Å². The second-order valence-corrected chi connectivity index (χ2v) is 19.0. The van der Waals surface area contributed by atoms with Gasteiger partial charge in [0.25, 0.3) is 0 Å². The Kier molecular flexibility index (Phi) is 5.90. The minimum Gasteiger partial charge on any atom is -0.454 e. The SMILES string of the molecule is c1ccc2c(c1)oc1c(N3CCc4ccc5c(c43)c3cccc4c6cc7c(cc6n5c43)c3cccc4c5c6c(ccc5n7c34)c3ccccc3n6-c3cccc4c3oc3ccccc34)cccc12. The van der Waals surface area contributed by atoms with Gasteiger partial charge < -0.3 is 27.1 Å². The molecule has 0 aliphatic carbocycles. The van der Waals surface area contributed by atoms with Gasteiger partial charge in [0, 0.05) is 82.0 Å². The first-order chi connectivity index (χ1) is 33.8. The van der Waals surface area contributed by atoms with E-state index in [-0.39, 0.29) is 0 Å². The van der Waals surface area contributed by atoms with Crippen molar-refractivity contribution in [3.8, 4) is 5.69 Å². The van der Waals surface area contributed by atoms with Crippen LogP contribution in [-0.2, 0) is 6.42 Å². The zero-order valence-corrected chi connectivity index (χ0v) is 36.3. The average Bonchev–Trinajstić information content (AvgIpc) is 4.27. The van der Waals surface area contributed by atoms with E-state index in [0.717, 1.165) is 73.7 Å². The fourth-order valence-corrected chi connectivity index (χ4v) is 13.3. The first kappa shape index (κ1) is 34.4. The Balaban J connectivity index is 0.922. The van der Waals surface area contributed by atoms with Crippen molar-refractivity contribution < 1.29 is 8.83 Å². The summed E-state index contributed by atoms with van der Waals surface area (Å²) in [5, 5.41) is 17.2. The highest BCUT2D eigenvalue weighted by atomic mass is 16.3. The van der Waals surface area contributed by atoms with Gasteiger partial charge in [0.15, 0.2) is 11.2 Å². The number of fused-ring (bicyclic) bond motifs is 24. The Labute approximate surface area is 384 Å². The third-order valence-electron chi connectivity index (χ3n) is 15.9. The zero-order valence-electron chi connectivity index (χ0n) is 36.3. The molecule has 1 aliphatic heterocycles. The lowest BCUT2D eigenvalue weighted by Crippen LogP contribution is -2.13. The fourth-order valence-electron chi connectivity index (χ4n) is 13.3. The summed E-state index contributed by atoms with van der Waals surface area (Å²) < 4.78 is 20.9. The molecule has 0 saturated carbocycles. The number of hydrogen-bond donors (Lipinski definition) is 0. The van der Waals surface area contributed by atoms with Gasteiger partial charge in [0.1, 0.15) is 11.2 Å². The largest absolute Gasteiger partial charge is 0.454 e. The van der Waals surface area contributed by atoms with Gasteiger partial charge in [-0.2, -0.15) is 0 Å². The summed E-state index contributed by atoms with van der Waals surface area (Å²) in [6.45, 7) is 0.903. The van der Waals surface area contributed by atoms with Crippen molar-refractivity contribution in [1.29, 1.82) is 0 Å². The first-order valence-corrected chi connectivity index (χ1v) is 23.6. The molecule has 68 heavy (non-hydrogen) atoms. The molecule has 8 heterocycles. The molecule has 0 unspecified atom stereocenters. The molecule has 0 saturated heterocycles. The van der Waals surface area contributed by atoms with E-state index in [4.69, 9.17) is 8.83 Å². The van der Waals surface area contributed by atoms with Gasteiger partial charge in [-0.25, -0.2) is 0 Å². The van der Waals surface area contributed by atoms with Crippen LogP contribution in [0.2, 0.25) is 0 Å². The Hall–Kier alpha value is -9.00. The lowest BCUT2D eigenvalue weighted by molar-refractivity contribution is 0.666. The maximum Gasteiger partial charge on any atom is 0.159 e. The lowest BCUT2D eigenvalue weighted by atomic mass is 10.0. The summed E-state index contributed by atoms with van der Waals surface area (Å²) in [6.07, 6.45) is 0.984. The molecule has 314 valence electrons. The van der Waals surface area contributed by atoms with E-state index in [1.807, 2.05) is 0 Å². The summed E-state index contributed by atoms with van der Waals surface area (Å²) >= 11 is 0. The van der Waals surface area contributed by atoms with Gasteiger partial charge in [0.2, 0.25) is 0 Å². The quantitative estimate of drug-likeness (QED) is 0.174. The highest BCUT2D eigenvalue weighted by molar-refractivity contribution is 6.34. The lowest BCUT2D eigenvalue weighted by Gasteiger charge is -2.21. The van der Waals surface area contributed by atoms with Crippen LogP contribution in [-0.4, -0.2) is 19.9 Å². The monoisotopic (exact) mass is 866 g/mol. The van der Waals surface area contributed by atoms with Crippen molar-refractivity contribution in [2.24, 2.45) is 0 Å². The number of benzene rings is 10. The summed E-state index contributed by atoms with van der Waals surface area (Å²) in [5.74, 6) is 0. The van der Waals surface area contributed by atoms with Gasteiger partial charge in [-0.05, 0) is 66.6 Å². The van der Waals surface area contributed by atoms with E-state index >= 15 is 0 Å². The molecule has 0 atom stereocenters. The number of furan rings is 2. The minimum absolute atomic E-state index is 0.901. The topological polar surface area (TPSA) is 43.3 Å². The van der Waals surface area contributed by atoms with Gasteiger partial charge in [-0.3, -0.25) is 0 Å². The van der Waals surface area contributed by atoms with Crippen LogP contribution in [0.4, 0.5) is 11.4 Å². The fraction of sp³-hybridized carbons (Fsp3) is 0.0323. The second kappa shape index (κ2) is 11.7. The average molecular weight is 867 g/mol. The molecule has 7 aromatic heterocycles. The number of para-hydroxylation sites is 7. The van der Waals surface area contributed by atoms with Crippen LogP contribution in [0.5, 0.6) is 0 Å². The number of hydrogen-bond acceptors (Lipinski definition) is 3. The molecule has 1 aliphatic rings. The molecule has 0 spiro atoms. The molecule has 18 rings (SSSR count). The highest BCUT2D eigenvalue weighted by Gasteiger charge is 2.31. The van der Waals surface area contributed by atoms with Crippen LogP contribution in [0.25, 0.3) is 148 Å². The van der Waals surface area contributed by atoms with Gasteiger partial charge in [-0.15, -0.1) is 0 Å². The smallest absolute Gasteiger partial charge is 0.159 e. The molecule has 17 aromatic rings. The predicted molar refractivity (Wildman–Crippen MR) is 282 cm³/mol. The van der Waals surface area contributed by atoms with Crippen molar-refractivity contribution in [2.45, 2.75) is 6.42 Å². The van der Waals surface area contributed by atoms with E-state index in [1.165, 1.54) is 104 Å². The summed E-state index contributed by atoms with van der Waals surface area (Å²) in [7, 11) is 0. The van der Waals surface area contributed by atoms with Crippen LogP contribution < -0.4 is 4.90 Å². The maximum absolute atomic E-state index is 6.74. The minimum atomic E-state index is 0.901. The van der Waals surface area contributed by atoms with Crippen molar-refractivity contribution in [3.63, 3.8) is 0 Å². The molecule has 10 aromatic carbocycles. The number of rotatable bonds is 2. The van der Waals surface area contributed by atoms with E-state index in [2.05, 4.69) is 200 Å². The molecular formula is C62H34N4O2. The number of nitrogens with zero attached hydrogens (tertiary/aromatic N) is 4. The van der Waals surface area contributed by atoms with Crippen molar-refractivity contribution in [1.82, 2.24) is 13.4 Å². The Morgan fingerprint density at radius 3 is 1.56 bits per heavy atom. The van der Waals surface area contributed by atoms with E-state index in [0.29, 0.717) is 0 Å². The Bertz CT molecular complexity index is 5110. The third kappa shape index (κ3) is 3.87. The van der Waals surface area contributed by atoms with Crippen LogP contribution in [0, 0.1) is 0 Å². The molecule has 0 bridgehead atoms. The van der Waals surface area contributed by atoms with Crippen molar-refractivity contribution in [3.05, 3.63) is 188 Å². The standard InChI is InChI=1S/C62H34N4O2/c1-4-20-46-34(11-1)39-26-28-48-56(60(39)64(46)50-22-10-17-41-36-13-3-6-24-54(36)68-62(41)50)43-19-8-15-38-45-31-51-44(32-52(45)66(48)59(38)43)37-14-7-18-42-55-47(65(51)58(37)42)27-25-33-29-30-63(57(33)55)49-21-9-16-40-35-12-2-5-23-53(35)67-61(40)49/h1-28,31-32H,29-30H2. The van der Waals surface area contributed by atoms with E-state index in [9.17, 15) is 0 Å². The summed E-state index contributed by atoms with van der Waals surface area (Å²) in [6, 6.07) is 67.1. The van der Waals surface area contributed by atoms with Gasteiger partial charge in [-0.1, -0.05) is 127 Å². The van der Waals surface area contributed by atoms with Crippen LogP contribution in [0.3, 0.4) is 0 Å². The molecule has 6 nitrogen and oxygen atoms in total. The van der Waals surface area contributed by atoms with E-state index < -0.39 is 0 Å². The molecule has 0 radical (unpaired) electrons. The van der Waals surface area contributed by atoms with Crippen LogP contribution >= 0.6 is 0 Å². The van der Waals surface area contributed by atoms with Gasteiger partial charge >= 0.3 is 0 Å². The molecule has 0 amide bonds. The zero-order chi connectivity index (χ0) is 43.7. The van der Waals surface area contributed by atoms with Crippen LogP contribution in [0.1, 0.15) is 5.56 Å². The summed E-state index contributed by atoms with van der Waals surface area (Å²) in [4.78, 5) is 2.52. The number of aromatic nitrogens is 3. The van der Waals surface area contributed by atoms with Crippen molar-refractivity contribution >= 4 is 153 Å². The number of anilines is 2. The highest BCUT2D eigenvalue weighted by Crippen LogP contribution is 2.51. The molecule has 6 heteroatoms. The predicted octanol–water partition coefficient (Wildman–Crippen LogP) is 16.6. The second-order valence-electron chi connectivity index (χ2n) is 19.0. The first-order valence-electron chi connectivity index (χ1n) is 23.6. The molecular weight excluding hydrogens is 833 g/mol. The van der Waals surface area contributed by atoms with E-state index in [1.54, 1.807) is 0 Å². The molecule has 0 fully saturated rings. The van der Waals surface area contributed by atoms with Gasteiger partial charge in [0.05, 0.1) is 61.2 Å². The van der Waals surface area contributed by atoms with Crippen molar-refractivity contribution in [2.75, 3.05) is 11.4 Å². The summed E-state index contributed by atoms with van der Waals surface area (Å²) in [5.41, 5.74) is 18.4.